The van der Waals surface area contributed by atoms with Gasteiger partial charge in [0.25, 0.3) is 0 Å². The Kier molecular flexibility index (Phi) is 3.88. The molecule has 1 atom stereocenters. The van der Waals surface area contributed by atoms with Crippen molar-refractivity contribution in [2.75, 3.05) is 24.6 Å². The predicted molar refractivity (Wildman–Crippen MR) is 52.2 cm³/mol. The third-order valence-corrected chi connectivity index (χ3v) is 3.21. The number of rotatable bonds is 2. The van der Waals surface area contributed by atoms with Crippen LogP contribution >= 0.6 is 11.8 Å². The highest BCUT2D eigenvalue weighted by Crippen LogP contribution is 2.16. The van der Waals surface area contributed by atoms with E-state index < -0.39 is 0 Å². The van der Waals surface area contributed by atoms with Crippen molar-refractivity contribution < 1.29 is 4.79 Å². The average molecular weight is 188 g/mol. The maximum absolute atomic E-state index is 11.4. The van der Waals surface area contributed by atoms with Crippen molar-refractivity contribution >= 4 is 17.7 Å². The van der Waals surface area contributed by atoms with Crippen LogP contribution in [-0.4, -0.2) is 41.4 Å². The summed E-state index contributed by atoms with van der Waals surface area (Å²) < 4.78 is 0. The maximum atomic E-state index is 11.4. The van der Waals surface area contributed by atoms with Crippen LogP contribution in [0.15, 0.2) is 0 Å². The van der Waals surface area contributed by atoms with E-state index >= 15 is 0 Å². The van der Waals surface area contributed by atoms with Crippen LogP contribution in [0.5, 0.6) is 0 Å². The number of nitrogens with zero attached hydrogens (tertiary/aromatic N) is 1. The van der Waals surface area contributed by atoms with E-state index in [2.05, 4.69) is 0 Å². The van der Waals surface area contributed by atoms with Crippen LogP contribution in [0.1, 0.15) is 13.3 Å². The third kappa shape index (κ3) is 2.14. The Balaban J connectivity index is 2.52. The van der Waals surface area contributed by atoms with E-state index in [1.165, 1.54) is 0 Å². The molecule has 1 aliphatic rings. The van der Waals surface area contributed by atoms with Gasteiger partial charge in [0.2, 0.25) is 5.91 Å². The lowest BCUT2D eigenvalue weighted by atomic mass is 10.2. The van der Waals surface area contributed by atoms with E-state index in [1.54, 1.807) is 0 Å². The minimum absolute atomic E-state index is 0.241. The van der Waals surface area contributed by atoms with Crippen molar-refractivity contribution in [3.05, 3.63) is 0 Å². The topological polar surface area (TPSA) is 46.3 Å². The summed E-state index contributed by atoms with van der Waals surface area (Å²) in [6.07, 6.45) is 0.598. The molecule has 0 saturated carbocycles. The molecule has 1 amide bonds. The van der Waals surface area contributed by atoms with Crippen molar-refractivity contribution in [3.8, 4) is 0 Å². The van der Waals surface area contributed by atoms with Gasteiger partial charge in [-0.25, -0.2) is 0 Å². The standard InChI is InChI=1S/C8H16N2OS/c1-2-8(11)10-3-4-12-6-7(10)5-9/h7H,2-6,9H2,1H3. The molecule has 0 aliphatic carbocycles. The predicted octanol–water partition coefficient (Wildman–Crippen LogP) is 0.299. The summed E-state index contributed by atoms with van der Waals surface area (Å²) in [6.45, 7) is 3.37. The molecule has 70 valence electrons. The van der Waals surface area contributed by atoms with Crippen molar-refractivity contribution in [2.45, 2.75) is 19.4 Å². The molecule has 4 heteroatoms. The second-order valence-corrected chi connectivity index (χ2v) is 4.05. The molecule has 0 aromatic heterocycles. The Hall–Kier alpha value is -0.220. The monoisotopic (exact) mass is 188 g/mol. The molecule has 0 aromatic carbocycles. The van der Waals surface area contributed by atoms with Gasteiger partial charge in [-0.15, -0.1) is 0 Å². The molecule has 2 N–H and O–H groups in total. The molecular weight excluding hydrogens is 172 g/mol. The van der Waals surface area contributed by atoms with Crippen molar-refractivity contribution in [3.63, 3.8) is 0 Å². The van der Waals surface area contributed by atoms with Gasteiger partial charge >= 0.3 is 0 Å². The lowest BCUT2D eigenvalue weighted by Crippen LogP contribution is -2.49. The van der Waals surface area contributed by atoms with E-state index in [4.69, 9.17) is 5.73 Å². The van der Waals surface area contributed by atoms with Crippen LogP contribution in [0.2, 0.25) is 0 Å². The molecule has 1 unspecified atom stereocenters. The number of carbonyl (C=O) groups is 1. The molecule has 1 saturated heterocycles. The first-order valence-electron chi connectivity index (χ1n) is 4.36. The molecule has 0 radical (unpaired) electrons. The first-order valence-corrected chi connectivity index (χ1v) is 5.52. The van der Waals surface area contributed by atoms with E-state index in [9.17, 15) is 4.79 Å². The molecule has 1 fully saturated rings. The van der Waals surface area contributed by atoms with Gasteiger partial charge < -0.3 is 10.6 Å². The number of carbonyl (C=O) groups excluding carboxylic acids is 1. The minimum atomic E-state index is 0.241. The molecule has 12 heavy (non-hydrogen) atoms. The fraction of sp³-hybridized carbons (Fsp3) is 0.875. The quantitative estimate of drug-likeness (QED) is 0.678. The number of amides is 1. The summed E-state index contributed by atoms with van der Waals surface area (Å²) in [5.74, 6) is 2.30. The van der Waals surface area contributed by atoms with Crippen LogP contribution in [-0.2, 0) is 4.79 Å². The van der Waals surface area contributed by atoms with E-state index in [1.807, 2.05) is 23.6 Å². The van der Waals surface area contributed by atoms with Gasteiger partial charge in [-0.3, -0.25) is 4.79 Å². The van der Waals surface area contributed by atoms with Gasteiger partial charge in [0.1, 0.15) is 0 Å². The van der Waals surface area contributed by atoms with Crippen LogP contribution < -0.4 is 5.73 Å². The lowest BCUT2D eigenvalue weighted by molar-refractivity contribution is -0.132. The second kappa shape index (κ2) is 4.72. The first kappa shape index (κ1) is 9.86. The van der Waals surface area contributed by atoms with Crippen LogP contribution in [0.3, 0.4) is 0 Å². The zero-order valence-electron chi connectivity index (χ0n) is 7.45. The largest absolute Gasteiger partial charge is 0.337 e. The van der Waals surface area contributed by atoms with E-state index in [0.717, 1.165) is 18.1 Å². The smallest absolute Gasteiger partial charge is 0.222 e. The molecule has 0 bridgehead atoms. The molecular formula is C8H16N2OS. The van der Waals surface area contributed by atoms with Gasteiger partial charge in [0.15, 0.2) is 0 Å². The summed E-state index contributed by atoms with van der Waals surface area (Å²) in [5, 5.41) is 0. The molecule has 0 spiro atoms. The Morgan fingerprint density at radius 3 is 3.08 bits per heavy atom. The summed E-state index contributed by atoms with van der Waals surface area (Å²) >= 11 is 1.89. The van der Waals surface area contributed by atoms with E-state index in [0.29, 0.717) is 13.0 Å². The van der Waals surface area contributed by atoms with Crippen molar-refractivity contribution in [1.82, 2.24) is 4.90 Å². The SMILES string of the molecule is CCC(=O)N1CCSCC1CN. The summed E-state index contributed by atoms with van der Waals surface area (Å²) in [6, 6.07) is 0.274. The van der Waals surface area contributed by atoms with Gasteiger partial charge in [0, 0.05) is 31.0 Å². The van der Waals surface area contributed by atoms with Crippen LogP contribution in [0.25, 0.3) is 0 Å². The lowest BCUT2D eigenvalue weighted by Gasteiger charge is -2.34. The van der Waals surface area contributed by atoms with Crippen LogP contribution in [0.4, 0.5) is 0 Å². The summed E-state index contributed by atoms with van der Waals surface area (Å²) in [7, 11) is 0. The summed E-state index contributed by atoms with van der Waals surface area (Å²) in [5.41, 5.74) is 5.58. The Morgan fingerprint density at radius 1 is 1.75 bits per heavy atom. The zero-order chi connectivity index (χ0) is 8.97. The second-order valence-electron chi connectivity index (χ2n) is 2.91. The Bertz CT molecular complexity index is 163. The van der Waals surface area contributed by atoms with E-state index in [-0.39, 0.29) is 11.9 Å². The Labute approximate surface area is 77.7 Å². The normalized spacial score (nSPS) is 24.2. The maximum Gasteiger partial charge on any atom is 0.222 e. The molecule has 0 aromatic rings. The number of thioether (sulfide) groups is 1. The van der Waals surface area contributed by atoms with Crippen molar-refractivity contribution in [2.24, 2.45) is 5.73 Å². The van der Waals surface area contributed by atoms with Gasteiger partial charge in [-0.1, -0.05) is 6.92 Å². The molecule has 3 nitrogen and oxygen atoms in total. The molecule has 1 rings (SSSR count). The third-order valence-electron chi connectivity index (χ3n) is 2.12. The first-order chi connectivity index (χ1) is 5.79. The van der Waals surface area contributed by atoms with Gasteiger partial charge in [0.05, 0.1) is 6.04 Å². The number of hydrogen-bond acceptors (Lipinski definition) is 3. The highest BCUT2D eigenvalue weighted by atomic mass is 32.2. The molecule has 1 heterocycles. The van der Waals surface area contributed by atoms with Crippen LogP contribution in [0, 0.1) is 0 Å². The fourth-order valence-corrected chi connectivity index (χ4v) is 2.46. The minimum Gasteiger partial charge on any atom is -0.337 e. The zero-order valence-corrected chi connectivity index (χ0v) is 8.27. The summed E-state index contributed by atoms with van der Waals surface area (Å²) in [4.78, 5) is 13.3. The van der Waals surface area contributed by atoms with Crippen molar-refractivity contribution in [1.29, 1.82) is 0 Å². The highest BCUT2D eigenvalue weighted by Gasteiger charge is 2.24. The number of hydrogen-bond donors (Lipinski definition) is 1. The highest BCUT2D eigenvalue weighted by molar-refractivity contribution is 7.99. The fourth-order valence-electron chi connectivity index (χ4n) is 1.38. The molecule has 1 aliphatic heterocycles. The van der Waals surface area contributed by atoms with Gasteiger partial charge in [-0.2, -0.15) is 11.8 Å². The Morgan fingerprint density at radius 2 is 2.50 bits per heavy atom. The van der Waals surface area contributed by atoms with Gasteiger partial charge in [-0.05, 0) is 0 Å². The number of nitrogens with two attached hydrogens (primary N) is 1. The average Bonchev–Trinajstić information content (AvgIpc) is 2.16.